The molecule has 0 radical (unpaired) electrons. The lowest BCUT2D eigenvalue weighted by atomic mass is 10.1. The molecule has 0 aliphatic carbocycles. The summed E-state index contributed by atoms with van der Waals surface area (Å²) in [7, 11) is 1.41. The smallest absolute Gasteiger partial charge is 0.336 e. The standard InChI is InChI=1S/C15H17Cl2NO2S.C12H13Cl2NS/c1-9-7-10(16)8-12(17)13(9)18-6-4-5-11(14(18)21-3)15(19)20-2;1-8-6-9(13)7-10(14)12(8)15-5-3-2-4-11(15)16/h7-8H,4-6H2,1-3H3;6-7H,2-5H2,1H3. The van der Waals surface area contributed by atoms with Gasteiger partial charge in [-0.3, -0.25) is 0 Å². The number of thioether (sulfide) groups is 1. The Hall–Kier alpha value is -1.15. The molecule has 10 heteroatoms. The first kappa shape index (κ1) is 30.4. The molecular weight excluding hydrogens is 590 g/mol. The molecule has 0 saturated carbocycles. The lowest BCUT2D eigenvalue weighted by Crippen LogP contribution is -2.34. The first-order chi connectivity index (χ1) is 17.6. The Kier molecular flexibility index (Phi) is 11.3. The molecule has 0 atom stereocenters. The zero-order valence-electron chi connectivity index (χ0n) is 21.3. The summed E-state index contributed by atoms with van der Waals surface area (Å²) in [5.74, 6) is -0.271. The molecule has 2 aliphatic heterocycles. The van der Waals surface area contributed by atoms with E-state index in [2.05, 4.69) is 9.80 Å². The number of methoxy groups -OCH3 is 1. The number of carbonyl (C=O) groups is 1. The lowest BCUT2D eigenvalue weighted by molar-refractivity contribution is -0.136. The zero-order valence-corrected chi connectivity index (χ0v) is 26.0. The van der Waals surface area contributed by atoms with Crippen LogP contribution in [0.2, 0.25) is 20.1 Å². The highest BCUT2D eigenvalue weighted by Crippen LogP contribution is 2.41. The van der Waals surface area contributed by atoms with E-state index in [1.165, 1.54) is 31.7 Å². The number of nitrogens with zero attached hydrogens (tertiary/aromatic N) is 2. The van der Waals surface area contributed by atoms with Crippen molar-refractivity contribution in [2.75, 3.05) is 36.3 Å². The molecule has 2 aromatic rings. The molecule has 0 aromatic heterocycles. The van der Waals surface area contributed by atoms with Gasteiger partial charge in [0.1, 0.15) is 0 Å². The second-order valence-electron chi connectivity index (χ2n) is 8.84. The largest absolute Gasteiger partial charge is 0.466 e. The van der Waals surface area contributed by atoms with Crippen LogP contribution in [0, 0.1) is 13.8 Å². The average molecular weight is 620 g/mol. The van der Waals surface area contributed by atoms with Gasteiger partial charge in [0, 0.05) is 23.1 Å². The van der Waals surface area contributed by atoms with Crippen LogP contribution in [0.5, 0.6) is 0 Å². The van der Waals surface area contributed by atoms with Gasteiger partial charge in [-0.25, -0.2) is 4.79 Å². The number of thiocarbonyl (C=S) groups is 1. The summed E-state index contributed by atoms with van der Waals surface area (Å²) >= 11 is 31.6. The number of hydrogen-bond acceptors (Lipinski definition) is 5. The number of aryl methyl sites for hydroxylation is 2. The van der Waals surface area contributed by atoms with Gasteiger partial charge >= 0.3 is 5.97 Å². The third kappa shape index (κ3) is 7.28. The van der Waals surface area contributed by atoms with E-state index in [0.29, 0.717) is 25.7 Å². The van der Waals surface area contributed by atoms with Crippen molar-refractivity contribution >= 4 is 92.7 Å². The second kappa shape index (κ2) is 13.8. The minimum Gasteiger partial charge on any atom is -0.466 e. The Balaban J connectivity index is 0.000000213. The predicted octanol–water partition coefficient (Wildman–Crippen LogP) is 9.27. The van der Waals surface area contributed by atoms with Crippen LogP contribution in [0.25, 0.3) is 0 Å². The van der Waals surface area contributed by atoms with Crippen LogP contribution in [0.15, 0.2) is 34.9 Å². The van der Waals surface area contributed by atoms with Gasteiger partial charge in [0.25, 0.3) is 0 Å². The monoisotopic (exact) mass is 618 g/mol. The zero-order chi connectivity index (χ0) is 27.3. The van der Waals surface area contributed by atoms with Crippen LogP contribution in [-0.4, -0.2) is 37.4 Å². The van der Waals surface area contributed by atoms with Crippen LogP contribution in [0.3, 0.4) is 0 Å². The third-order valence-electron chi connectivity index (χ3n) is 6.24. The number of rotatable bonds is 4. The van der Waals surface area contributed by atoms with Gasteiger partial charge in [-0.05, 0) is 87.6 Å². The molecule has 0 unspecified atom stereocenters. The molecule has 4 rings (SSSR count). The minimum atomic E-state index is -0.271. The van der Waals surface area contributed by atoms with Crippen molar-refractivity contribution in [3.05, 3.63) is 66.1 Å². The molecule has 0 amide bonds. The molecule has 0 bridgehead atoms. The van der Waals surface area contributed by atoms with Crippen LogP contribution in [0.4, 0.5) is 11.4 Å². The van der Waals surface area contributed by atoms with Crippen LogP contribution < -0.4 is 9.80 Å². The minimum absolute atomic E-state index is 0.271. The van der Waals surface area contributed by atoms with E-state index in [1.807, 2.05) is 32.2 Å². The van der Waals surface area contributed by atoms with Crippen molar-refractivity contribution in [3.63, 3.8) is 0 Å². The molecule has 37 heavy (non-hydrogen) atoms. The van der Waals surface area contributed by atoms with Crippen LogP contribution >= 0.6 is 70.4 Å². The van der Waals surface area contributed by atoms with Crippen molar-refractivity contribution in [3.8, 4) is 0 Å². The van der Waals surface area contributed by atoms with Crippen molar-refractivity contribution in [1.29, 1.82) is 0 Å². The number of benzene rings is 2. The molecule has 2 aliphatic rings. The highest BCUT2D eigenvalue weighted by atomic mass is 35.5. The molecule has 200 valence electrons. The fraction of sp³-hybridized carbons (Fsp3) is 0.407. The maximum absolute atomic E-state index is 12.0. The summed E-state index contributed by atoms with van der Waals surface area (Å²) in [5, 5.41) is 3.47. The third-order valence-corrected chi connectivity index (χ3v) is 8.53. The van der Waals surface area contributed by atoms with Gasteiger partial charge in [-0.2, -0.15) is 0 Å². The number of esters is 1. The molecule has 4 nitrogen and oxygen atoms in total. The number of ether oxygens (including phenoxy) is 1. The quantitative estimate of drug-likeness (QED) is 0.250. The number of anilines is 2. The number of halogens is 4. The first-order valence-corrected chi connectivity index (χ1v) is 15.1. The molecular formula is C27H30Cl4N2O2S2. The summed E-state index contributed by atoms with van der Waals surface area (Å²) in [6, 6.07) is 7.33. The Labute approximate surface area is 249 Å². The van der Waals surface area contributed by atoms with E-state index in [0.717, 1.165) is 64.9 Å². The lowest BCUT2D eigenvalue weighted by Gasteiger charge is -2.33. The number of hydrogen-bond donors (Lipinski definition) is 0. The molecule has 0 spiro atoms. The maximum Gasteiger partial charge on any atom is 0.336 e. The van der Waals surface area contributed by atoms with E-state index >= 15 is 0 Å². The highest BCUT2D eigenvalue weighted by Gasteiger charge is 2.28. The van der Waals surface area contributed by atoms with Crippen LogP contribution in [-0.2, 0) is 9.53 Å². The Bertz CT molecular complexity index is 1170. The van der Waals surface area contributed by atoms with Crippen molar-refractivity contribution in [1.82, 2.24) is 0 Å². The summed E-state index contributed by atoms with van der Waals surface area (Å²) in [4.78, 5) is 17.2. The molecule has 1 saturated heterocycles. The summed E-state index contributed by atoms with van der Waals surface area (Å²) in [6.07, 6.45) is 6.89. The van der Waals surface area contributed by atoms with E-state index in [1.54, 1.807) is 12.1 Å². The number of piperidine rings is 1. The van der Waals surface area contributed by atoms with Crippen molar-refractivity contribution in [2.45, 2.75) is 46.0 Å². The first-order valence-electron chi connectivity index (χ1n) is 11.9. The maximum atomic E-state index is 12.0. The summed E-state index contributed by atoms with van der Waals surface area (Å²) < 4.78 is 4.89. The topological polar surface area (TPSA) is 32.8 Å². The van der Waals surface area contributed by atoms with Gasteiger partial charge in [-0.1, -0.05) is 58.6 Å². The Morgan fingerprint density at radius 3 is 1.89 bits per heavy atom. The van der Waals surface area contributed by atoms with Gasteiger partial charge in [0.05, 0.1) is 44.1 Å². The fourth-order valence-electron chi connectivity index (χ4n) is 4.66. The predicted molar refractivity (Wildman–Crippen MR) is 165 cm³/mol. The van der Waals surface area contributed by atoms with Gasteiger partial charge in [-0.15, -0.1) is 11.8 Å². The normalized spacial score (nSPS) is 15.9. The van der Waals surface area contributed by atoms with E-state index in [4.69, 9.17) is 63.4 Å². The average Bonchev–Trinajstić information content (AvgIpc) is 2.83. The second-order valence-corrected chi connectivity index (χ2v) is 11.8. The van der Waals surface area contributed by atoms with Crippen molar-refractivity contribution in [2.24, 2.45) is 0 Å². The van der Waals surface area contributed by atoms with E-state index in [-0.39, 0.29) is 5.97 Å². The summed E-state index contributed by atoms with van der Waals surface area (Å²) in [5.41, 5.74) is 4.72. The molecule has 2 heterocycles. The molecule has 2 aromatic carbocycles. The molecule has 0 N–H and O–H groups in total. The Morgan fingerprint density at radius 2 is 1.41 bits per heavy atom. The van der Waals surface area contributed by atoms with Gasteiger partial charge < -0.3 is 14.5 Å². The van der Waals surface area contributed by atoms with E-state index in [9.17, 15) is 4.79 Å². The summed E-state index contributed by atoms with van der Waals surface area (Å²) in [6.45, 7) is 5.77. The highest BCUT2D eigenvalue weighted by molar-refractivity contribution is 8.02. The fourth-order valence-corrected chi connectivity index (χ4v) is 7.22. The molecule has 1 fully saturated rings. The van der Waals surface area contributed by atoms with E-state index < -0.39 is 0 Å². The van der Waals surface area contributed by atoms with Crippen molar-refractivity contribution < 1.29 is 9.53 Å². The SMILES string of the molecule is COC(=O)C1=C(SC)N(c2c(C)cc(Cl)cc2Cl)CCC1.Cc1cc(Cl)cc(Cl)c1N1CCCCC1=S. The number of carbonyl (C=O) groups excluding carboxylic acids is 1. The van der Waals surface area contributed by atoms with Gasteiger partial charge in [0.15, 0.2) is 0 Å². The Morgan fingerprint density at radius 1 is 0.865 bits per heavy atom. The van der Waals surface area contributed by atoms with Crippen LogP contribution in [0.1, 0.15) is 43.2 Å². The van der Waals surface area contributed by atoms with Gasteiger partial charge in [0.2, 0.25) is 0 Å².